The normalized spacial score (nSPS) is 9.50. The second-order valence-corrected chi connectivity index (χ2v) is 1.09. The third-order valence-electron chi connectivity index (χ3n) is 0.278. The van der Waals surface area contributed by atoms with Gasteiger partial charge in [-0.2, -0.15) is 0 Å². The highest BCUT2D eigenvalue weighted by atomic mass is 16.4. The van der Waals surface area contributed by atoms with Crippen molar-refractivity contribution in [1.82, 2.24) is 0 Å². The lowest BCUT2D eigenvalue weighted by molar-refractivity contribution is 0.321. The van der Waals surface area contributed by atoms with Crippen molar-refractivity contribution in [2.45, 2.75) is 6.92 Å². The average Bonchev–Trinajstić information content (AvgIpc) is 1.35. The Morgan fingerprint density at radius 1 is 2.00 bits per heavy atom. The van der Waals surface area contributed by atoms with Crippen LogP contribution in [-0.4, -0.2) is 11.4 Å². The number of nitrogens with zero attached hydrogens (tertiary/aromatic N) is 1. The van der Waals surface area contributed by atoms with Crippen molar-refractivity contribution in [2.75, 3.05) is 0 Å². The van der Waals surface area contributed by atoms with Crippen LogP contribution in [0.4, 0.5) is 0 Å². The van der Waals surface area contributed by atoms with Crippen LogP contribution in [0.15, 0.2) is 17.3 Å². The third-order valence-corrected chi connectivity index (χ3v) is 0.278. The quantitative estimate of drug-likeness (QED) is 0.288. The van der Waals surface area contributed by atoms with E-state index < -0.39 is 0 Å². The Labute approximate surface area is 36.8 Å². The van der Waals surface area contributed by atoms with Gasteiger partial charge in [0, 0.05) is 0 Å². The smallest absolute Gasteiger partial charge is 0.0684 e. The predicted molar refractivity (Wildman–Crippen MR) is 25.1 cm³/mol. The Hall–Kier alpha value is -0.790. The summed E-state index contributed by atoms with van der Waals surface area (Å²) in [6.07, 6.45) is 1.28. The van der Waals surface area contributed by atoms with E-state index >= 15 is 0 Å². The Balaban J connectivity index is 3.30. The third kappa shape index (κ3) is 3.21. The van der Waals surface area contributed by atoms with Crippen LogP contribution in [0.2, 0.25) is 0 Å². The molecule has 0 unspecified atom stereocenters. The SMILES string of the molecule is C=C(C)/C=N/O. The van der Waals surface area contributed by atoms with Gasteiger partial charge in [-0.1, -0.05) is 11.7 Å². The first-order chi connectivity index (χ1) is 2.77. The molecule has 0 radical (unpaired) electrons. The molecule has 0 saturated heterocycles. The number of oxime groups is 1. The van der Waals surface area contributed by atoms with Gasteiger partial charge in [0.1, 0.15) is 0 Å². The molecule has 0 rings (SSSR count). The first-order valence-electron chi connectivity index (χ1n) is 1.60. The van der Waals surface area contributed by atoms with Gasteiger partial charge in [-0.3, -0.25) is 0 Å². The lowest BCUT2D eigenvalue weighted by Gasteiger charge is -1.74. The van der Waals surface area contributed by atoms with Gasteiger partial charge in [0.25, 0.3) is 0 Å². The van der Waals surface area contributed by atoms with Gasteiger partial charge in [-0.05, 0) is 12.5 Å². The molecular weight excluding hydrogens is 78.0 g/mol. The van der Waals surface area contributed by atoms with Gasteiger partial charge < -0.3 is 5.21 Å². The van der Waals surface area contributed by atoms with E-state index in [1.54, 1.807) is 6.92 Å². The number of hydrogen-bond acceptors (Lipinski definition) is 2. The molecule has 0 spiro atoms. The van der Waals surface area contributed by atoms with Crippen molar-refractivity contribution in [3.63, 3.8) is 0 Å². The van der Waals surface area contributed by atoms with Crippen LogP contribution in [-0.2, 0) is 0 Å². The zero-order valence-corrected chi connectivity index (χ0v) is 3.68. The minimum Gasteiger partial charge on any atom is -0.411 e. The lowest BCUT2D eigenvalue weighted by atomic mass is 10.4. The van der Waals surface area contributed by atoms with E-state index in [0.717, 1.165) is 5.57 Å². The molecule has 2 heteroatoms. The highest BCUT2D eigenvalue weighted by molar-refractivity contribution is 5.75. The fraction of sp³-hybridized carbons (Fsp3) is 0.250. The molecule has 34 valence electrons. The molecule has 0 atom stereocenters. The van der Waals surface area contributed by atoms with Crippen LogP contribution in [0.5, 0.6) is 0 Å². The Kier molecular flexibility index (Phi) is 2.13. The van der Waals surface area contributed by atoms with Gasteiger partial charge in [-0.25, -0.2) is 0 Å². The predicted octanol–water partition coefficient (Wildman–Crippen LogP) is 1.02. The Bertz CT molecular complexity index is 75.6. The molecule has 0 aliphatic rings. The topological polar surface area (TPSA) is 32.6 Å². The molecule has 0 aromatic rings. The van der Waals surface area contributed by atoms with Gasteiger partial charge in [0.2, 0.25) is 0 Å². The van der Waals surface area contributed by atoms with Crippen LogP contribution >= 0.6 is 0 Å². The van der Waals surface area contributed by atoms with Gasteiger partial charge in [0.05, 0.1) is 6.21 Å². The van der Waals surface area contributed by atoms with E-state index in [1.807, 2.05) is 0 Å². The van der Waals surface area contributed by atoms with E-state index in [4.69, 9.17) is 5.21 Å². The van der Waals surface area contributed by atoms with Crippen molar-refractivity contribution in [3.05, 3.63) is 12.2 Å². The number of rotatable bonds is 1. The molecular formula is C4H7NO. The fourth-order valence-corrected chi connectivity index (χ4v) is 0.0986. The minimum atomic E-state index is 0.748. The molecule has 0 aromatic heterocycles. The van der Waals surface area contributed by atoms with Crippen LogP contribution in [0.1, 0.15) is 6.92 Å². The Morgan fingerprint density at radius 3 is 2.50 bits per heavy atom. The van der Waals surface area contributed by atoms with E-state index in [0.29, 0.717) is 0 Å². The maximum absolute atomic E-state index is 7.75. The highest BCUT2D eigenvalue weighted by Gasteiger charge is 1.67. The summed E-state index contributed by atoms with van der Waals surface area (Å²) in [7, 11) is 0. The summed E-state index contributed by atoms with van der Waals surface area (Å²) in [4.78, 5) is 0. The summed E-state index contributed by atoms with van der Waals surface area (Å²) in [6.45, 7) is 5.19. The van der Waals surface area contributed by atoms with Crippen molar-refractivity contribution in [1.29, 1.82) is 0 Å². The largest absolute Gasteiger partial charge is 0.411 e. The monoisotopic (exact) mass is 85.1 g/mol. The molecule has 0 heterocycles. The van der Waals surface area contributed by atoms with Crippen molar-refractivity contribution < 1.29 is 5.21 Å². The second-order valence-electron chi connectivity index (χ2n) is 1.09. The zero-order valence-electron chi connectivity index (χ0n) is 3.68. The van der Waals surface area contributed by atoms with Crippen LogP contribution in [0, 0.1) is 0 Å². The summed E-state index contributed by atoms with van der Waals surface area (Å²) < 4.78 is 0. The summed E-state index contributed by atoms with van der Waals surface area (Å²) >= 11 is 0. The molecule has 0 bridgehead atoms. The highest BCUT2D eigenvalue weighted by Crippen LogP contribution is 1.74. The van der Waals surface area contributed by atoms with E-state index in [9.17, 15) is 0 Å². The molecule has 0 aromatic carbocycles. The number of allylic oxidation sites excluding steroid dienone is 1. The van der Waals surface area contributed by atoms with Crippen LogP contribution < -0.4 is 0 Å². The zero-order chi connectivity index (χ0) is 4.99. The summed E-state index contributed by atoms with van der Waals surface area (Å²) in [6, 6.07) is 0. The maximum Gasteiger partial charge on any atom is 0.0684 e. The molecule has 6 heavy (non-hydrogen) atoms. The first-order valence-corrected chi connectivity index (χ1v) is 1.60. The van der Waals surface area contributed by atoms with Crippen LogP contribution in [0.3, 0.4) is 0 Å². The molecule has 0 fully saturated rings. The summed E-state index contributed by atoms with van der Waals surface area (Å²) in [5.74, 6) is 0. The first kappa shape index (κ1) is 5.21. The minimum absolute atomic E-state index is 0.748. The van der Waals surface area contributed by atoms with Crippen molar-refractivity contribution in [2.24, 2.45) is 5.16 Å². The Morgan fingerprint density at radius 2 is 2.50 bits per heavy atom. The molecule has 0 saturated carbocycles. The van der Waals surface area contributed by atoms with E-state index in [1.165, 1.54) is 6.21 Å². The number of hydrogen-bond donors (Lipinski definition) is 1. The molecule has 0 amide bonds. The fourth-order valence-electron chi connectivity index (χ4n) is 0.0986. The molecule has 2 nitrogen and oxygen atoms in total. The van der Waals surface area contributed by atoms with Gasteiger partial charge in [-0.15, -0.1) is 0 Å². The average molecular weight is 85.1 g/mol. The molecule has 0 aliphatic carbocycles. The maximum atomic E-state index is 7.75. The van der Waals surface area contributed by atoms with Gasteiger partial charge in [0.15, 0.2) is 0 Å². The van der Waals surface area contributed by atoms with Crippen LogP contribution in [0.25, 0.3) is 0 Å². The second kappa shape index (κ2) is 2.45. The molecule has 1 N–H and O–H groups in total. The standard InChI is InChI=1S/C4H7NO/c1-4(2)3-5-6/h3,6H,1H2,2H3/b5-3+. The van der Waals surface area contributed by atoms with Crippen molar-refractivity contribution >= 4 is 6.21 Å². The summed E-state index contributed by atoms with van der Waals surface area (Å²) in [5, 5.41) is 10.5. The summed E-state index contributed by atoms with van der Waals surface area (Å²) in [5.41, 5.74) is 0.748. The van der Waals surface area contributed by atoms with E-state index in [2.05, 4.69) is 11.7 Å². The lowest BCUT2D eigenvalue weighted by Crippen LogP contribution is -1.69. The van der Waals surface area contributed by atoms with Gasteiger partial charge >= 0.3 is 0 Å². The van der Waals surface area contributed by atoms with Crippen molar-refractivity contribution in [3.8, 4) is 0 Å². The molecule has 0 aliphatic heterocycles. The van der Waals surface area contributed by atoms with E-state index in [-0.39, 0.29) is 0 Å².